The van der Waals surface area contributed by atoms with Gasteiger partial charge in [0.15, 0.2) is 0 Å². The Bertz CT molecular complexity index is 518. The van der Waals surface area contributed by atoms with Gasteiger partial charge in [0, 0.05) is 0 Å². The van der Waals surface area contributed by atoms with Crippen molar-refractivity contribution in [1.82, 2.24) is 10.0 Å². The Balaban J connectivity index is 1.90. The molecule has 3 aliphatic rings. The molecule has 1 aliphatic heterocycles. The van der Waals surface area contributed by atoms with Crippen molar-refractivity contribution in [1.29, 1.82) is 0 Å². The molecule has 0 bridgehead atoms. The van der Waals surface area contributed by atoms with E-state index in [1.807, 2.05) is 0 Å². The zero-order valence-corrected chi connectivity index (χ0v) is 13.5. The van der Waals surface area contributed by atoms with E-state index >= 15 is 0 Å². The van der Waals surface area contributed by atoms with Gasteiger partial charge in [-0.15, -0.1) is 0 Å². The minimum Gasteiger partial charge on any atom is -0.448 e. The summed E-state index contributed by atoms with van der Waals surface area (Å²) in [5.41, 5.74) is 1.48. The standard InChI is InChI=1S/C16H24N2O4/c1-4-21-14(19)17-9-7-12-13(18(17)15(20)22-5-2)10-11-6-8-16(11,12)3/h7,11,13H,4-6,8-10H2,1-3H3/t11-,13-,16+/m1/s1. The van der Waals surface area contributed by atoms with Crippen molar-refractivity contribution in [3.05, 3.63) is 11.6 Å². The topological polar surface area (TPSA) is 59.1 Å². The summed E-state index contributed by atoms with van der Waals surface area (Å²) in [6.07, 6.45) is 4.41. The van der Waals surface area contributed by atoms with Crippen molar-refractivity contribution < 1.29 is 19.1 Å². The van der Waals surface area contributed by atoms with Crippen LogP contribution in [0.15, 0.2) is 11.6 Å². The Labute approximate surface area is 131 Å². The number of nitrogens with zero attached hydrogens (tertiary/aromatic N) is 2. The Kier molecular flexibility index (Phi) is 3.78. The lowest BCUT2D eigenvalue weighted by Crippen LogP contribution is -2.57. The molecule has 0 aromatic carbocycles. The number of ether oxygens (including phenoxy) is 2. The molecule has 6 nitrogen and oxygen atoms in total. The maximum atomic E-state index is 12.4. The van der Waals surface area contributed by atoms with Crippen molar-refractivity contribution in [3.63, 3.8) is 0 Å². The average Bonchev–Trinajstić information content (AvgIpc) is 2.68. The molecule has 6 heteroatoms. The summed E-state index contributed by atoms with van der Waals surface area (Å²) in [6, 6.07) is -0.0743. The van der Waals surface area contributed by atoms with Crippen LogP contribution >= 0.6 is 0 Å². The van der Waals surface area contributed by atoms with Crippen LogP contribution in [0.25, 0.3) is 0 Å². The number of carbonyl (C=O) groups excluding carboxylic acids is 2. The molecule has 0 aromatic heterocycles. The van der Waals surface area contributed by atoms with Gasteiger partial charge in [0.05, 0.1) is 25.8 Å². The van der Waals surface area contributed by atoms with Gasteiger partial charge < -0.3 is 9.47 Å². The van der Waals surface area contributed by atoms with E-state index in [9.17, 15) is 9.59 Å². The molecule has 1 heterocycles. The summed E-state index contributed by atoms with van der Waals surface area (Å²) < 4.78 is 10.3. The van der Waals surface area contributed by atoms with E-state index < -0.39 is 12.2 Å². The van der Waals surface area contributed by atoms with Crippen molar-refractivity contribution in [2.45, 2.75) is 46.1 Å². The molecule has 2 amide bonds. The smallest absolute Gasteiger partial charge is 0.429 e. The first-order valence-corrected chi connectivity index (χ1v) is 8.13. The summed E-state index contributed by atoms with van der Waals surface area (Å²) >= 11 is 0. The molecule has 3 rings (SSSR count). The Morgan fingerprint density at radius 2 is 1.95 bits per heavy atom. The van der Waals surface area contributed by atoms with Crippen LogP contribution in [0.3, 0.4) is 0 Å². The number of carbonyl (C=O) groups is 2. The predicted molar refractivity (Wildman–Crippen MR) is 79.9 cm³/mol. The molecule has 122 valence electrons. The van der Waals surface area contributed by atoms with Crippen LogP contribution in [0, 0.1) is 11.3 Å². The van der Waals surface area contributed by atoms with E-state index in [4.69, 9.17) is 9.47 Å². The molecular formula is C16H24N2O4. The number of rotatable bonds is 2. The maximum absolute atomic E-state index is 12.4. The molecule has 0 spiro atoms. The van der Waals surface area contributed by atoms with Gasteiger partial charge in [-0.2, -0.15) is 0 Å². The highest BCUT2D eigenvalue weighted by molar-refractivity contribution is 5.76. The number of amides is 2. The molecule has 2 fully saturated rings. The number of hydrogen-bond donors (Lipinski definition) is 0. The lowest BCUT2D eigenvalue weighted by atomic mass is 9.61. The van der Waals surface area contributed by atoms with Gasteiger partial charge in [0.2, 0.25) is 0 Å². The van der Waals surface area contributed by atoms with Crippen LogP contribution in [0.1, 0.15) is 40.0 Å². The fraction of sp³-hybridized carbons (Fsp3) is 0.750. The van der Waals surface area contributed by atoms with Gasteiger partial charge in [-0.3, -0.25) is 0 Å². The van der Waals surface area contributed by atoms with Crippen molar-refractivity contribution >= 4 is 12.2 Å². The highest BCUT2D eigenvalue weighted by Crippen LogP contribution is 2.61. The Hall–Kier alpha value is -1.72. The average molecular weight is 308 g/mol. The third-order valence-corrected chi connectivity index (χ3v) is 5.41. The molecular weight excluding hydrogens is 284 g/mol. The number of hydrazine groups is 1. The van der Waals surface area contributed by atoms with Crippen LogP contribution in [-0.4, -0.2) is 48.0 Å². The second-order valence-electron chi connectivity index (χ2n) is 6.39. The first-order chi connectivity index (χ1) is 10.5. The van der Waals surface area contributed by atoms with Gasteiger partial charge in [0.1, 0.15) is 0 Å². The monoisotopic (exact) mass is 308 g/mol. The molecule has 0 N–H and O–H groups in total. The molecule has 22 heavy (non-hydrogen) atoms. The Morgan fingerprint density at radius 3 is 2.55 bits per heavy atom. The summed E-state index contributed by atoms with van der Waals surface area (Å²) in [4.78, 5) is 24.6. The molecule has 0 radical (unpaired) electrons. The largest absolute Gasteiger partial charge is 0.448 e. The predicted octanol–water partition coefficient (Wildman–Crippen LogP) is 2.95. The maximum Gasteiger partial charge on any atom is 0.429 e. The van der Waals surface area contributed by atoms with Crippen LogP contribution in [0.2, 0.25) is 0 Å². The zero-order chi connectivity index (χ0) is 15.9. The van der Waals surface area contributed by atoms with E-state index in [-0.39, 0.29) is 18.1 Å². The van der Waals surface area contributed by atoms with Crippen molar-refractivity contribution in [2.24, 2.45) is 11.3 Å². The highest BCUT2D eigenvalue weighted by Gasteiger charge is 2.58. The van der Waals surface area contributed by atoms with Gasteiger partial charge >= 0.3 is 12.2 Å². The van der Waals surface area contributed by atoms with Crippen LogP contribution in [0.5, 0.6) is 0 Å². The van der Waals surface area contributed by atoms with Crippen molar-refractivity contribution in [2.75, 3.05) is 19.8 Å². The Morgan fingerprint density at radius 1 is 1.27 bits per heavy atom. The van der Waals surface area contributed by atoms with E-state index in [2.05, 4.69) is 13.0 Å². The minimum atomic E-state index is -0.491. The first kappa shape index (κ1) is 15.2. The fourth-order valence-corrected chi connectivity index (χ4v) is 4.13. The lowest BCUT2D eigenvalue weighted by molar-refractivity contribution is -0.0353. The summed E-state index contributed by atoms with van der Waals surface area (Å²) in [5, 5.41) is 2.87. The summed E-state index contributed by atoms with van der Waals surface area (Å²) in [7, 11) is 0. The van der Waals surface area contributed by atoms with E-state index in [1.54, 1.807) is 13.8 Å². The lowest BCUT2D eigenvalue weighted by Gasteiger charge is -2.45. The van der Waals surface area contributed by atoms with Gasteiger partial charge in [-0.1, -0.05) is 13.0 Å². The minimum absolute atomic E-state index is 0.0743. The molecule has 2 aliphatic carbocycles. The molecule has 0 saturated heterocycles. The zero-order valence-electron chi connectivity index (χ0n) is 13.5. The molecule has 0 unspecified atom stereocenters. The van der Waals surface area contributed by atoms with Gasteiger partial charge in [0.25, 0.3) is 0 Å². The summed E-state index contributed by atoms with van der Waals surface area (Å²) in [5.74, 6) is 0.600. The van der Waals surface area contributed by atoms with E-state index in [0.717, 1.165) is 12.8 Å². The van der Waals surface area contributed by atoms with E-state index in [0.29, 0.717) is 19.1 Å². The quantitative estimate of drug-likeness (QED) is 0.736. The second kappa shape index (κ2) is 5.48. The SMILES string of the molecule is CCOC(=O)N1CC=C2[C@@H](C[C@H]3CC[C@]23C)N1C(=O)OCC. The number of fused-ring (bicyclic) bond motifs is 3. The highest BCUT2D eigenvalue weighted by atomic mass is 16.6. The fourth-order valence-electron chi connectivity index (χ4n) is 4.13. The molecule has 3 atom stereocenters. The van der Waals surface area contributed by atoms with E-state index in [1.165, 1.54) is 22.0 Å². The number of hydrogen-bond acceptors (Lipinski definition) is 4. The van der Waals surface area contributed by atoms with Gasteiger partial charge in [-0.05, 0) is 50.0 Å². The molecule has 2 saturated carbocycles. The van der Waals surface area contributed by atoms with Crippen LogP contribution < -0.4 is 0 Å². The normalized spacial score (nSPS) is 32.6. The summed E-state index contributed by atoms with van der Waals surface area (Å²) in [6.45, 7) is 6.75. The molecule has 0 aromatic rings. The third-order valence-electron chi connectivity index (χ3n) is 5.41. The van der Waals surface area contributed by atoms with Crippen LogP contribution in [-0.2, 0) is 9.47 Å². The van der Waals surface area contributed by atoms with Crippen LogP contribution in [0.4, 0.5) is 9.59 Å². The third kappa shape index (κ3) is 2.08. The van der Waals surface area contributed by atoms with Gasteiger partial charge in [-0.25, -0.2) is 19.6 Å². The van der Waals surface area contributed by atoms with Crippen molar-refractivity contribution in [3.8, 4) is 0 Å². The second-order valence-corrected chi connectivity index (χ2v) is 6.39. The first-order valence-electron chi connectivity index (χ1n) is 8.13.